The Morgan fingerprint density at radius 1 is 1.05 bits per heavy atom. The second kappa shape index (κ2) is 4.50. The highest BCUT2D eigenvalue weighted by atomic mass is 16.6. The van der Waals surface area contributed by atoms with Crippen LogP contribution in [0.5, 0.6) is 0 Å². The van der Waals surface area contributed by atoms with Crippen molar-refractivity contribution in [3.8, 4) is 0 Å². The summed E-state index contributed by atoms with van der Waals surface area (Å²) in [4.78, 5) is 24.1. The third kappa shape index (κ3) is 2.63. The molecule has 0 aromatic heterocycles. The van der Waals surface area contributed by atoms with E-state index in [1.165, 1.54) is 0 Å². The third-order valence-corrected chi connectivity index (χ3v) is 4.54. The van der Waals surface area contributed by atoms with Crippen LogP contribution in [0.1, 0.15) is 66.2 Å². The van der Waals surface area contributed by atoms with E-state index in [9.17, 15) is 9.59 Å². The lowest BCUT2D eigenvalue weighted by Crippen LogP contribution is -2.56. The van der Waals surface area contributed by atoms with Gasteiger partial charge in [0.15, 0.2) is 0 Å². The fraction of sp³-hybridized carbons (Fsp3) is 0.867. The van der Waals surface area contributed by atoms with E-state index in [0.29, 0.717) is 0 Å². The molecule has 0 heterocycles. The second-order valence-electron chi connectivity index (χ2n) is 7.05. The van der Waals surface area contributed by atoms with Gasteiger partial charge in [-0.15, -0.1) is 0 Å². The van der Waals surface area contributed by atoms with Gasteiger partial charge in [-0.25, -0.2) is 4.79 Å². The number of ketones is 1. The molecule has 2 aliphatic rings. The van der Waals surface area contributed by atoms with E-state index < -0.39 is 5.60 Å². The van der Waals surface area contributed by atoms with Gasteiger partial charge in [-0.1, -0.05) is 12.8 Å². The number of hydrogen-bond donors (Lipinski definition) is 1. The first-order valence-electron chi connectivity index (χ1n) is 7.23. The molecule has 2 fully saturated rings. The number of hydrogen-bond acceptors (Lipinski definition) is 3. The minimum Gasteiger partial charge on any atom is -0.444 e. The van der Waals surface area contributed by atoms with Crippen molar-refractivity contribution >= 4 is 11.9 Å². The zero-order valence-electron chi connectivity index (χ0n) is 12.5. The molecule has 1 amide bonds. The van der Waals surface area contributed by atoms with Crippen molar-refractivity contribution in [3.05, 3.63) is 0 Å². The summed E-state index contributed by atoms with van der Waals surface area (Å²) in [6.45, 7) is 7.22. The number of amides is 1. The fourth-order valence-corrected chi connectivity index (χ4v) is 3.49. The standard InChI is InChI=1S/C15H25NO3/c1-11(17)14(9-10-14)15(7-5-6-8-15)16-12(18)19-13(2,3)4/h5-10H2,1-4H3,(H,16,18). The quantitative estimate of drug-likeness (QED) is 0.854. The van der Waals surface area contributed by atoms with Crippen LogP contribution in [0.25, 0.3) is 0 Å². The molecular weight excluding hydrogens is 242 g/mol. The first-order valence-corrected chi connectivity index (χ1v) is 7.23. The fourth-order valence-electron chi connectivity index (χ4n) is 3.49. The number of ether oxygens (including phenoxy) is 1. The van der Waals surface area contributed by atoms with Crippen LogP contribution in [-0.4, -0.2) is 23.0 Å². The van der Waals surface area contributed by atoms with E-state index in [-0.39, 0.29) is 22.8 Å². The number of alkyl carbamates (subject to hydrolysis) is 1. The Labute approximate surface area is 115 Å². The number of Topliss-reactive ketones (excluding diaryl/α,β-unsaturated/α-hetero) is 1. The van der Waals surface area contributed by atoms with Gasteiger partial charge in [0, 0.05) is 0 Å². The first-order chi connectivity index (χ1) is 8.71. The minimum atomic E-state index is -0.503. The van der Waals surface area contributed by atoms with Gasteiger partial charge in [0.2, 0.25) is 0 Å². The molecule has 108 valence electrons. The highest BCUT2D eigenvalue weighted by Crippen LogP contribution is 2.60. The second-order valence-corrected chi connectivity index (χ2v) is 7.05. The van der Waals surface area contributed by atoms with Gasteiger partial charge in [-0.2, -0.15) is 0 Å². The van der Waals surface area contributed by atoms with Crippen LogP contribution in [0.3, 0.4) is 0 Å². The summed E-state index contributed by atoms with van der Waals surface area (Å²) < 4.78 is 5.37. The first kappa shape index (κ1) is 14.4. The molecule has 0 spiro atoms. The van der Waals surface area contributed by atoms with E-state index in [4.69, 9.17) is 4.74 Å². The van der Waals surface area contributed by atoms with E-state index in [2.05, 4.69) is 5.32 Å². The molecule has 1 N–H and O–H groups in total. The van der Waals surface area contributed by atoms with Crippen LogP contribution in [0.2, 0.25) is 0 Å². The van der Waals surface area contributed by atoms with Gasteiger partial charge in [-0.05, 0) is 53.4 Å². The summed E-state index contributed by atoms with van der Waals surface area (Å²) in [6.07, 6.45) is 5.35. The van der Waals surface area contributed by atoms with Gasteiger partial charge >= 0.3 is 6.09 Å². The number of rotatable bonds is 3. The summed E-state index contributed by atoms with van der Waals surface area (Å²) in [6, 6.07) is 0. The van der Waals surface area contributed by atoms with Gasteiger partial charge in [0.1, 0.15) is 11.4 Å². The summed E-state index contributed by atoms with van der Waals surface area (Å²) in [5.74, 6) is 0.213. The minimum absolute atomic E-state index is 0.213. The Kier molecular flexibility index (Phi) is 3.40. The predicted octanol–water partition coefficient (Wildman–Crippen LogP) is 3.19. The van der Waals surface area contributed by atoms with Crippen molar-refractivity contribution in [2.24, 2.45) is 5.41 Å². The Balaban J connectivity index is 2.13. The van der Waals surface area contributed by atoms with Crippen molar-refractivity contribution in [2.75, 3.05) is 0 Å². The number of carbonyl (C=O) groups is 2. The lowest BCUT2D eigenvalue weighted by atomic mass is 9.76. The molecule has 4 nitrogen and oxygen atoms in total. The molecule has 2 saturated carbocycles. The molecule has 0 atom stereocenters. The molecular formula is C15H25NO3. The van der Waals surface area contributed by atoms with Crippen molar-refractivity contribution < 1.29 is 14.3 Å². The molecule has 0 unspecified atom stereocenters. The van der Waals surface area contributed by atoms with Gasteiger partial charge in [-0.3, -0.25) is 4.79 Å². The van der Waals surface area contributed by atoms with Crippen LogP contribution in [0.4, 0.5) is 4.79 Å². The van der Waals surface area contributed by atoms with Crippen molar-refractivity contribution in [3.63, 3.8) is 0 Å². The van der Waals surface area contributed by atoms with Crippen molar-refractivity contribution in [1.82, 2.24) is 5.32 Å². The Bertz CT molecular complexity index is 385. The third-order valence-electron chi connectivity index (χ3n) is 4.54. The maximum atomic E-state index is 12.1. The van der Waals surface area contributed by atoms with Crippen molar-refractivity contribution in [2.45, 2.75) is 77.4 Å². The van der Waals surface area contributed by atoms with Crippen LogP contribution < -0.4 is 5.32 Å². The molecule has 0 radical (unpaired) electrons. The van der Waals surface area contributed by atoms with Gasteiger partial charge in [0.25, 0.3) is 0 Å². The SMILES string of the molecule is CC(=O)C1(C2(NC(=O)OC(C)(C)C)CCCC2)CC1. The predicted molar refractivity (Wildman–Crippen MR) is 72.9 cm³/mol. The van der Waals surface area contributed by atoms with Crippen molar-refractivity contribution in [1.29, 1.82) is 0 Å². The number of nitrogens with one attached hydrogen (secondary N) is 1. The lowest BCUT2D eigenvalue weighted by molar-refractivity contribution is -0.125. The van der Waals surface area contributed by atoms with Crippen LogP contribution in [0, 0.1) is 5.41 Å². The molecule has 19 heavy (non-hydrogen) atoms. The molecule has 0 saturated heterocycles. The normalized spacial score (nSPS) is 23.8. The van der Waals surface area contributed by atoms with E-state index in [0.717, 1.165) is 38.5 Å². The smallest absolute Gasteiger partial charge is 0.408 e. The monoisotopic (exact) mass is 267 g/mol. The average Bonchev–Trinajstić information content (AvgIpc) is 2.93. The van der Waals surface area contributed by atoms with E-state index in [1.54, 1.807) is 6.92 Å². The Morgan fingerprint density at radius 2 is 1.58 bits per heavy atom. The summed E-state index contributed by atoms with van der Waals surface area (Å²) in [5.41, 5.74) is -1.18. The summed E-state index contributed by atoms with van der Waals surface area (Å²) in [5, 5.41) is 3.05. The van der Waals surface area contributed by atoms with Gasteiger partial charge < -0.3 is 10.1 Å². The molecule has 0 aromatic rings. The molecule has 4 heteroatoms. The Hall–Kier alpha value is -1.06. The topological polar surface area (TPSA) is 55.4 Å². The van der Waals surface area contributed by atoms with Crippen LogP contribution in [0.15, 0.2) is 0 Å². The summed E-state index contributed by atoms with van der Waals surface area (Å²) >= 11 is 0. The molecule has 0 aliphatic heterocycles. The van der Waals surface area contributed by atoms with Gasteiger partial charge in [0.05, 0.1) is 11.0 Å². The van der Waals surface area contributed by atoms with Crippen LogP contribution in [-0.2, 0) is 9.53 Å². The highest BCUT2D eigenvalue weighted by Gasteiger charge is 2.63. The number of carbonyl (C=O) groups excluding carboxylic acids is 2. The van der Waals surface area contributed by atoms with E-state index >= 15 is 0 Å². The maximum absolute atomic E-state index is 12.1. The summed E-state index contributed by atoms with van der Waals surface area (Å²) in [7, 11) is 0. The molecule has 0 aromatic carbocycles. The van der Waals surface area contributed by atoms with E-state index in [1.807, 2.05) is 20.8 Å². The zero-order valence-corrected chi connectivity index (χ0v) is 12.5. The zero-order chi connectivity index (χ0) is 14.3. The maximum Gasteiger partial charge on any atom is 0.408 e. The molecule has 2 aliphatic carbocycles. The molecule has 2 rings (SSSR count). The highest BCUT2D eigenvalue weighted by molar-refractivity contribution is 5.88. The average molecular weight is 267 g/mol. The molecule has 0 bridgehead atoms. The Morgan fingerprint density at radius 3 is 1.95 bits per heavy atom. The largest absolute Gasteiger partial charge is 0.444 e. The van der Waals surface area contributed by atoms with Crippen LogP contribution >= 0.6 is 0 Å². The lowest BCUT2D eigenvalue weighted by Gasteiger charge is -2.38.